The van der Waals surface area contributed by atoms with Gasteiger partial charge in [-0.25, -0.2) is 0 Å². The molecule has 3 aromatic carbocycles. The van der Waals surface area contributed by atoms with Gasteiger partial charge >= 0.3 is 0 Å². The molecule has 0 saturated heterocycles. The highest BCUT2D eigenvalue weighted by molar-refractivity contribution is 7.80. The number of hydrogen-bond acceptors (Lipinski definition) is 4. The Balaban J connectivity index is 1.46. The Hall–Kier alpha value is -3.84. The number of anilines is 1. The Labute approximate surface area is 209 Å². The van der Waals surface area contributed by atoms with E-state index in [1.807, 2.05) is 72.5 Å². The molecule has 1 aliphatic rings. The van der Waals surface area contributed by atoms with E-state index in [0.717, 1.165) is 40.1 Å². The number of rotatable bonds is 6. The van der Waals surface area contributed by atoms with Crippen LogP contribution in [0.2, 0.25) is 0 Å². The van der Waals surface area contributed by atoms with E-state index in [2.05, 4.69) is 23.3 Å². The summed E-state index contributed by atoms with van der Waals surface area (Å²) in [5, 5.41) is 4.87. The molecule has 0 spiro atoms. The Kier molecular flexibility index (Phi) is 6.42. The number of thiocarbonyl (C=S) groups is 1. The minimum atomic E-state index is -0.115. The molecule has 0 fully saturated rings. The van der Waals surface area contributed by atoms with E-state index in [-0.39, 0.29) is 12.4 Å². The summed E-state index contributed by atoms with van der Waals surface area (Å²) in [5.74, 6) is 1.45. The fraction of sp³-hybridized carbons (Fsp3) is 0.214. The highest BCUT2D eigenvalue weighted by Crippen LogP contribution is 2.33. The van der Waals surface area contributed by atoms with Crippen LogP contribution in [0, 0.1) is 6.92 Å². The first-order valence-electron chi connectivity index (χ1n) is 11.6. The minimum absolute atomic E-state index is 0.115. The second-order valence-corrected chi connectivity index (χ2v) is 9.13. The summed E-state index contributed by atoms with van der Waals surface area (Å²) in [7, 11) is 0. The lowest BCUT2D eigenvalue weighted by Crippen LogP contribution is -2.35. The average Bonchev–Trinajstić information content (AvgIpc) is 3.33. The van der Waals surface area contributed by atoms with Gasteiger partial charge in [-0.05, 0) is 84.5 Å². The molecule has 178 valence electrons. The predicted octanol–water partition coefficient (Wildman–Crippen LogP) is 5.53. The number of fused-ring (bicyclic) bond motifs is 2. The van der Waals surface area contributed by atoms with Gasteiger partial charge in [-0.15, -0.1) is 0 Å². The molecule has 0 saturated carbocycles. The van der Waals surface area contributed by atoms with Gasteiger partial charge in [-0.3, -0.25) is 4.79 Å². The van der Waals surface area contributed by atoms with Crippen molar-refractivity contribution in [3.63, 3.8) is 0 Å². The number of aromatic amines is 1. The lowest BCUT2D eigenvalue weighted by molar-refractivity contribution is 0.174. The van der Waals surface area contributed by atoms with Gasteiger partial charge in [-0.2, -0.15) is 0 Å². The molecule has 0 atom stereocenters. The molecule has 1 aromatic heterocycles. The molecule has 7 heteroatoms. The normalized spacial score (nSPS) is 12.1. The highest BCUT2D eigenvalue weighted by atomic mass is 32.1. The van der Waals surface area contributed by atoms with E-state index in [1.54, 1.807) is 0 Å². The van der Waals surface area contributed by atoms with Crippen molar-refractivity contribution in [2.24, 2.45) is 0 Å². The largest absolute Gasteiger partial charge is 0.454 e. The molecule has 35 heavy (non-hydrogen) atoms. The molecule has 2 heterocycles. The second-order valence-electron chi connectivity index (χ2n) is 8.74. The maximum Gasteiger partial charge on any atom is 0.253 e. The number of nitrogens with zero attached hydrogens (tertiary/aromatic N) is 1. The van der Waals surface area contributed by atoms with E-state index in [9.17, 15) is 4.79 Å². The summed E-state index contributed by atoms with van der Waals surface area (Å²) in [4.78, 5) is 18.0. The van der Waals surface area contributed by atoms with Gasteiger partial charge in [0.05, 0.1) is 6.54 Å². The predicted molar refractivity (Wildman–Crippen MR) is 143 cm³/mol. The zero-order chi connectivity index (χ0) is 24.4. The molecular formula is C28H27N3O3S. The van der Waals surface area contributed by atoms with Crippen molar-refractivity contribution >= 4 is 33.9 Å². The lowest BCUT2D eigenvalue weighted by Gasteiger charge is -2.26. The third kappa shape index (κ3) is 5.15. The molecule has 2 N–H and O–H groups in total. The fourth-order valence-corrected chi connectivity index (χ4v) is 4.39. The van der Waals surface area contributed by atoms with Crippen LogP contribution in [0.1, 0.15) is 29.2 Å². The van der Waals surface area contributed by atoms with Gasteiger partial charge in [0.2, 0.25) is 6.79 Å². The fourth-order valence-electron chi connectivity index (χ4n) is 4.14. The number of aryl methyl sites for hydroxylation is 2. The van der Waals surface area contributed by atoms with Crippen LogP contribution in [0.25, 0.3) is 10.9 Å². The number of pyridine rings is 1. The maximum atomic E-state index is 13.0. The second kappa shape index (κ2) is 9.80. The topological polar surface area (TPSA) is 66.6 Å². The molecule has 1 aliphatic heterocycles. The van der Waals surface area contributed by atoms with Crippen molar-refractivity contribution in [3.05, 3.63) is 99.3 Å². The molecule has 0 aliphatic carbocycles. The minimum Gasteiger partial charge on any atom is -0.454 e. The van der Waals surface area contributed by atoms with Crippen LogP contribution in [-0.2, 0) is 19.5 Å². The summed E-state index contributed by atoms with van der Waals surface area (Å²) in [5.41, 5.74) is 5.68. The molecule has 0 bridgehead atoms. The number of benzene rings is 3. The average molecular weight is 486 g/mol. The van der Waals surface area contributed by atoms with E-state index in [1.165, 1.54) is 11.1 Å². The zero-order valence-corrected chi connectivity index (χ0v) is 20.6. The maximum absolute atomic E-state index is 13.0. The monoisotopic (exact) mass is 485 g/mol. The SMILES string of the molecule is CCc1ccc2[nH]c(=O)c(CN(Cc3ccc4c(c3)OCO4)C(=S)Nc3ccc(C)cc3)cc2c1. The first-order chi connectivity index (χ1) is 17.0. The molecule has 0 amide bonds. The molecule has 0 unspecified atom stereocenters. The quantitative estimate of drug-likeness (QED) is 0.350. The standard InChI is InChI=1S/C28H27N3O3S/c1-3-19-6-10-24-21(12-19)14-22(27(32)30-24)16-31(28(35)29-23-8-4-18(2)5-9-23)15-20-7-11-25-26(13-20)34-17-33-25/h4-14H,3,15-17H2,1-2H3,(H,29,35)(H,30,32). The van der Waals surface area contributed by atoms with Gasteiger partial charge in [-0.1, -0.05) is 36.8 Å². The summed E-state index contributed by atoms with van der Waals surface area (Å²) in [6.07, 6.45) is 0.936. The zero-order valence-electron chi connectivity index (χ0n) is 19.8. The summed E-state index contributed by atoms with van der Waals surface area (Å²) >= 11 is 5.81. The Bertz CT molecular complexity index is 1450. The Morgan fingerprint density at radius 1 is 0.971 bits per heavy atom. The molecule has 0 radical (unpaired) electrons. The van der Waals surface area contributed by atoms with Gasteiger partial charge in [0.1, 0.15) is 0 Å². The van der Waals surface area contributed by atoms with Crippen molar-refractivity contribution in [3.8, 4) is 11.5 Å². The van der Waals surface area contributed by atoms with Crippen LogP contribution in [-0.4, -0.2) is 21.8 Å². The van der Waals surface area contributed by atoms with E-state index < -0.39 is 0 Å². The van der Waals surface area contributed by atoms with Crippen LogP contribution < -0.4 is 20.3 Å². The van der Waals surface area contributed by atoms with E-state index in [4.69, 9.17) is 21.7 Å². The summed E-state index contributed by atoms with van der Waals surface area (Å²) in [6, 6.07) is 22.0. The Morgan fingerprint density at radius 2 is 1.74 bits per heavy atom. The third-order valence-corrected chi connectivity index (χ3v) is 6.52. The highest BCUT2D eigenvalue weighted by Gasteiger charge is 2.18. The van der Waals surface area contributed by atoms with E-state index >= 15 is 0 Å². The Morgan fingerprint density at radius 3 is 2.54 bits per heavy atom. The number of hydrogen-bond donors (Lipinski definition) is 2. The first kappa shape index (κ1) is 22.9. The molecule has 4 aromatic rings. The van der Waals surface area contributed by atoms with Crippen LogP contribution in [0.4, 0.5) is 5.69 Å². The van der Waals surface area contributed by atoms with E-state index in [0.29, 0.717) is 23.8 Å². The first-order valence-corrected chi connectivity index (χ1v) is 12.1. The number of ether oxygens (including phenoxy) is 2. The van der Waals surface area contributed by atoms with Crippen molar-refractivity contribution in [1.29, 1.82) is 0 Å². The van der Waals surface area contributed by atoms with Crippen LogP contribution in [0.5, 0.6) is 11.5 Å². The summed E-state index contributed by atoms with van der Waals surface area (Å²) < 4.78 is 11.0. The van der Waals surface area contributed by atoms with Crippen LogP contribution in [0.3, 0.4) is 0 Å². The van der Waals surface area contributed by atoms with Crippen LogP contribution in [0.15, 0.2) is 71.5 Å². The number of nitrogens with one attached hydrogen (secondary N) is 2. The van der Waals surface area contributed by atoms with Crippen molar-refractivity contribution in [2.45, 2.75) is 33.4 Å². The smallest absolute Gasteiger partial charge is 0.253 e. The van der Waals surface area contributed by atoms with Gasteiger partial charge in [0.15, 0.2) is 16.6 Å². The molecule has 5 rings (SSSR count). The van der Waals surface area contributed by atoms with Gasteiger partial charge < -0.3 is 24.7 Å². The molecular weight excluding hydrogens is 458 g/mol. The number of aromatic nitrogens is 1. The van der Waals surface area contributed by atoms with Gasteiger partial charge in [0.25, 0.3) is 5.56 Å². The van der Waals surface area contributed by atoms with Crippen LogP contribution >= 0.6 is 12.2 Å². The van der Waals surface area contributed by atoms with Crippen molar-refractivity contribution < 1.29 is 9.47 Å². The van der Waals surface area contributed by atoms with Crippen molar-refractivity contribution in [2.75, 3.05) is 12.1 Å². The lowest BCUT2D eigenvalue weighted by atomic mass is 10.1. The van der Waals surface area contributed by atoms with Gasteiger partial charge in [0, 0.05) is 23.3 Å². The molecule has 6 nitrogen and oxygen atoms in total. The number of H-pyrrole nitrogens is 1. The van der Waals surface area contributed by atoms with Crippen molar-refractivity contribution in [1.82, 2.24) is 9.88 Å². The third-order valence-electron chi connectivity index (χ3n) is 6.16. The summed E-state index contributed by atoms with van der Waals surface area (Å²) in [6.45, 7) is 5.25.